The molecule has 1 saturated heterocycles. The maximum Gasteiger partial charge on any atom is 0.293 e. The molecule has 1 fully saturated rings. The Morgan fingerprint density at radius 1 is 1.12 bits per heavy atom. The molecule has 32 heavy (non-hydrogen) atoms. The molecule has 2 aromatic carbocycles. The van der Waals surface area contributed by atoms with Crippen molar-refractivity contribution < 1.29 is 23.8 Å². The Morgan fingerprint density at radius 3 is 2.69 bits per heavy atom. The van der Waals surface area contributed by atoms with Crippen molar-refractivity contribution in [2.45, 2.75) is 20.0 Å². The molecule has 0 N–H and O–H groups in total. The molecule has 0 saturated carbocycles. The molecule has 2 amide bonds. The monoisotopic (exact) mass is 452 g/mol. The van der Waals surface area contributed by atoms with Crippen LogP contribution in [0.15, 0.2) is 47.4 Å². The highest BCUT2D eigenvalue weighted by molar-refractivity contribution is 8.18. The van der Waals surface area contributed by atoms with Crippen LogP contribution in [0.3, 0.4) is 0 Å². The number of benzene rings is 2. The molecule has 8 heteroatoms. The highest BCUT2D eigenvalue weighted by Gasteiger charge is 2.34. The molecule has 2 aromatic rings. The van der Waals surface area contributed by atoms with Gasteiger partial charge in [0.1, 0.15) is 6.61 Å². The number of amides is 2. The van der Waals surface area contributed by atoms with Gasteiger partial charge in [-0.15, -0.1) is 0 Å². The molecular weight excluding hydrogens is 428 g/mol. The third-order valence-corrected chi connectivity index (χ3v) is 5.60. The third kappa shape index (κ3) is 5.69. The van der Waals surface area contributed by atoms with Crippen LogP contribution in [0.1, 0.15) is 30.0 Å². The molecule has 0 radical (unpaired) electrons. The predicted octanol–water partition coefficient (Wildman–Crippen LogP) is 4.61. The van der Waals surface area contributed by atoms with Crippen molar-refractivity contribution in [1.29, 1.82) is 5.26 Å². The Morgan fingerprint density at radius 2 is 1.94 bits per heavy atom. The summed E-state index contributed by atoms with van der Waals surface area (Å²) in [6, 6.07) is 14.7. The molecule has 3 rings (SSSR count). The maximum absolute atomic E-state index is 12.6. The van der Waals surface area contributed by atoms with Crippen LogP contribution in [-0.2, 0) is 16.1 Å². The Bertz CT molecular complexity index is 1060. The number of rotatable bonds is 10. The van der Waals surface area contributed by atoms with Crippen LogP contribution in [0.25, 0.3) is 6.08 Å². The first-order chi connectivity index (χ1) is 15.6. The molecule has 0 aromatic heterocycles. The molecule has 1 aliphatic heterocycles. The number of nitrogens with zero attached hydrogens (tertiary/aromatic N) is 2. The largest absolute Gasteiger partial charge is 0.490 e. The van der Waals surface area contributed by atoms with E-state index in [1.807, 2.05) is 25.1 Å². The smallest absolute Gasteiger partial charge is 0.293 e. The Balaban J connectivity index is 1.76. The lowest BCUT2D eigenvalue weighted by atomic mass is 10.1. The van der Waals surface area contributed by atoms with E-state index in [1.165, 1.54) is 4.90 Å². The number of carbonyl (C=O) groups is 2. The van der Waals surface area contributed by atoms with Crippen molar-refractivity contribution in [3.8, 4) is 17.6 Å². The van der Waals surface area contributed by atoms with E-state index in [2.05, 4.69) is 6.07 Å². The van der Waals surface area contributed by atoms with Crippen LogP contribution >= 0.6 is 11.8 Å². The average molecular weight is 453 g/mol. The molecule has 0 atom stereocenters. The number of imide groups is 1. The van der Waals surface area contributed by atoms with Crippen molar-refractivity contribution in [3.05, 3.63) is 64.1 Å². The van der Waals surface area contributed by atoms with Crippen LogP contribution in [0.2, 0.25) is 0 Å². The zero-order valence-corrected chi connectivity index (χ0v) is 18.8. The van der Waals surface area contributed by atoms with Crippen molar-refractivity contribution in [3.63, 3.8) is 0 Å². The summed E-state index contributed by atoms with van der Waals surface area (Å²) in [5.74, 6) is 0.752. The van der Waals surface area contributed by atoms with Gasteiger partial charge in [-0.1, -0.05) is 24.3 Å². The number of methoxy groups -OCH3 is 1. The Labute approximate surface area is 191 Å². The van der Waals surface area contributed by atoms with Crippen LogP contribution in [0, 0.1) is 11.3 Å². The zero-order chi connectivity index (χ0) is 22.9. The van der Waals surface area contributed by atoms with Crippen molar-refractivity contribution >= 4 is 29.0 Å². The summed E-state index contributed by atoms with van der Waals surface area (Å²) >= 11 is 0.925. The summed E-state index contributed by atoms with van der Waals surface area (Å²) in [5.41, 5.74) is 2.06. The number of nitriles is 1. The summed E-state index contributed by atoms with van der Waals surface area (Å²) in [7, 11) is 1.58. The summed E-state index contributed by atoms with van der Waals surface area (Å²) in [5, 5.41) is 8.97. The fraction of sp³-hybridized carbons (Fsp3) is 0.292. The fourth-order valence-electron chi connectivity index (χ4n) is 3.12. The van der Waals surface area contributed by atoms with E-state index in [1.54, 1.807) is 37.5 Å². The van der Waals surface area contributed by atoms with Crippen LogP contribution in [0.4, 0.5) is 4.79 Å². The van der Waals surface area contributed by atoms with E-state index in [0.29, 0.717) is 48.1 Å². The lowest BCUT2D eigenvalue weighted by molar-refractivity contribution is -0.122. The molecule has 0 unspecified atom stereocenters. The second kappa shape index (κ2) is 11.4. The predicted molar refractivity (Wildman–Crippen MR) is 122 cm³/mol. The van der Waals surface area contributed by atoms with Gasteiger partial charge >= 0.3 is 0 Å². The summed E-state index contributed by atoms with van der Waals surface area (Å²) in [4.78, 5) is 26.4. The molecule has 0 aliphatic carbocycles. The highest BCUT2D eigenvalue weighted by Crippen LogP contribution is 2.35. The van der Waals surface area contributed by atoms with E-state index in [-0.39, 0.29) is 17.8 Å². The molecule has 1 heterocycles. The van der Waals surface area contributed by atoms with E-state index in [9.17, 15) is 14.9 Å². The lowest BCUT2D eigenvalue weighted by Crippen LogP contribution is -2.29. The lowest BCUT2D eigenvalue weighted by Gasteiger charge is -2.13. The first-order valence-electron chi connectivity index (χ1n) is 10.2. The summed E-state index contributed by atoms with van der Waals surface area (Å²) < 4.78 is 16.6. The van der Waals surface area contributed by atoms with Crippen LogP contribution in [-0.4, -0.2) is 42.9 Å². The van der Waals surface area contributed by atoms with E-state index >= 15 is 0 Å². The van der Waals surface area contributed by atoms with Crippen LogP contribution < -0.4 is 9.47 Å². The molecule has 0 spiro atoms. The molecule has 0 bridgehead atoms. The molecular formula is C24H24N2O5S. The van der Waals surface area contributed by atoms with E-state index in [4.69, 9.17) is 14.2 Å². The second-order valence-electron chi connectivity index (χ2n) is 6.88. The van der Waals surface area contributed by atoms with Gasteiger partial charge in [0, 0.05) is 25.8 Å². The second-order valence-corrected chi connectivity index (χ2v) is 7.87. The number of hydrogen-bond acceptors (Lipinski definition) is 7. The zero-order valence-electron chi connectivity index (χ0n) is 18.0. The van der Waals surface area contributed by atoms with Gasteiger partial charge in [-0.05, 0) is 54.9 Å². The number of ether oxygens (including phenoxy) is 3. The standard InChI is InChI=1S/C24H24N2O5S/c1-3-30-21-13-17(14-22-23(27)26(24(28)32-22)11-6-12-29-2)9-10-20(21)31-16-19-8-5-4-7-18(19)15-25/h4-5,7-10,13-14H,3,6,11-12,16H2,1-2H3/b22-14+. The van der Waals surface area contributed by atoms with Crippen LogP contribution in [0.5, 0.6) is 11.5 Å². The Kier molecular flexibility index (Phi) is 8.31. The van der Waals surface area contributed by atoms with Gasteiger partial charge in [0.15, 0.2) is 11.5 Å². The minimum Gasteiger partial charge on any atom is -0.490 e. The van der Waals surface area contributed by atoms with Crippen molar-refractivity contribution in [2.24, 2.45) is 0 Å². The van der Waals surface area contributed by atoms with Gasteiger partial charge in [-0.2, -0.15) is 5.26 Å². The van der Waals surface area contributed by atoms with Gasteiger partial charge in [0.05, 0.1) is 23.1 Å². The number of thioether (sulfide) groups is 1. The van der Waals surface area contributed by atoms with Gasteiger partial charge in [0.25, 0.3) is 11.1 Å². The number of carbonyl (C=O) groups excluding carboxylic acids is 2. The average Bonchev–Trinajstić information content (AvgIpc) is 3.06. The van der Waals surface area contributed by atoms with Gasteiger partial charge in [0.2, 0.25) is 0 Å². The van der Waals surface area contributed by atoms with E-state index < -0.39 is 0 Å². The van der Waals surface area contributed by atoms with Gasteiger partial charge in [-0.3, -0.25) is 14.5 Å². The minimum absolute atomic E-state index is 0.226. The first-order valence-corrected chi connectivity index (χ1v) is 11.0. The van der Waals surface area contributed by atoms with E-state index in [0.717, 1.165) is 22.9 Å². The Hall–Kier alpha value is -3.28. The fourth-order valence-corrected chi connectivity index (χ4v) is 3.99. The molecule has 166 valence electrons. The topological polar surface area (TPSA) is 88.9 Å². The van der Waals surface area contributed by atoms with Gasteiger partial charge < -0.3 is 14.2 Å². The summed E-state index contributed by atoms with van der Waals surface area (Å²) in [6.45, 7) is 3.34. The normalized spacial score (nSPS) is 14.7. The maximum atomic E-state index is 12.6. The molecule has 7 nitrogen and oxygen atoms in total. The SMILES string of the molecule is CCOc1cc(/C=C2/SC(=O)N(CCCOC)C2=O)ccc1OCc1ccccc1C#N. The quantitative estimate of drug-likeness (QED) is 0.384. The van der Waals surface area contributed by atoms with Gasteiger partial charge in [-0.25, -0.2) is 0 Å². The van der Waals surface area contributed by atoms with Crippen molar-refractivity contribution in [2.75, 3.05) is 26.9 Å². The molecule has 1 aliphatic rings. The number of hydrogen-bond donors (Lipinski definition) is 0. The third-order valence-electron chi connectivity index (χ3n) is 4.69. The van der Waals surface area contributed by atoms with Crippen molar-refractivity contribution in [1.82, 2.24) is 4.90 Å². The highest BCUT2D eigenvalue weighted by atomic mass is 32.2. The summed E-state index contributed by atoms with van der Waals surface area (Å²) in [6.07, 6.45) is 2.27. The minimum atomic E-state index is -0.303. The first kappa shape index (κ1) is 23.4.